The van der Waals surface area contributed by atoms with Crippen molar-refractivity contribution in [3.8, 4) is 0 Å². The molecule has 41 heavy (non-hydrogen) atoms. The molecule has 0 aliphatic carbocycles. The average molecular weight is 556 g/mol. The standard InChI is InChI=1S/C29H29N7O5/c1-29(14-21-31-15-22(37)41-21,24(38)18-10-5-6-11-19(18)25(30)39)13-7-12-20-34-26-23(32-16-33-26)27(35-20)36-28(40)17-8-3-2-4-9-17/h2-6,8-11,16,21,31H,7,12-15H2,1H3,(H2,30,39)(H2,32,33,34,35,36,40). The molecular formula is C29H29N7O5. The first kappa shape index (κ1) is 27.6. The lowest BCUT2D eigenvalue weighted by atomic mass is 9.74. The normalized spacial score (nSPS) is 16.2. The first-order valence-corrected chi connectivity index (χ1v) is 13.2. The molecule has 5 N–H and O–H groups in total. The molecule has 2 atom stereocenters. The fourth-order valence-electron chi connectivity index (χ4n) is 4.98. The topological polar surface area (TPSA) is 182 Å². The number of fused-ring (bicyclic) bond motifs is 1. The largest absolute Gasteiger partial charge is 0.446 e. The highest BCUT2D eigenvalue weighted by Gasteiger charge is 2.40. The number of hydrogen-bond donors (Lipinski definition) is 4. The van der Waals surface area contributed by atoms with E-state index < -0.39 is 23.5 Å². The van der Waals surface area contributed by atoms with Gasteiger partial charge in [0.1, 0.15) is 11.3 Å². The number of nitrogens with two attached hydrogens (primary N) is 1. The number of hydrogen-bond acceptors (Lipinski definition) is 9. The van der Waals surface area contributed by atoms with E-state index in [0.717, 1.165) is 0 Å². The number of imidazole rings is 1. The van der Waals surface area contributed by atoms with Gasteiger partial charge in [0.05, 0.1) is 12.9 Å². The van der Waals surface area contributed by atoms with Crippen LogP contribution in [0, 0.1) is 5.41 Å². The van der Waals surface area contributed by atoms with Crippen LogP contribution >= 0.6 is 0 Å². The number of primary amides is 1. The third-order valence-corrected chi connectivity index (χ3v) is 7.10. The van der Waals surface area contributed by atoms with Gasteiger partial charge in [-0.1, -0.05) is 43.3 Å². The van der Waals surface area contributed by atoms with E-state index in [9.17, 15) is 19.2 Å². The maximum Gasteiger partial charge on any atom is 0.321 e. The molecule has 0 spiro atoms. The number of rotatable bonds is 11. The predicted molar refractivity (Wildman–Crippen MR) is 149 cm³/mol. The monoisotopic (exact) mass is 555 g/mol. The molecule has 1 aliphatic rings. The number of cyclic esters (lactones) is 1. The lowest BCUT2D eigenvalue weighted by molar-refractivity contribution is -0.141. The molecule has 12 heteroatoms. The van der Waals surface area contributed by atoms with Gasteiger partial charge < -0.3 is 20.8 Å². The highest BCUT2D eigenvalue weighted by molar-refractivity contribution is 6.09. The van der Waals surface area contributed by atoms with E-state index >= 15 is 0 Å². The summed E-state index contributed by atoms with van der Waals surface area (Å²) in [6, 6.07) is 15.2. The Bertz CT molecular complexity index is 1620. The molecule has 1 aliphatic heterocycles. The average Bonchev–Trinajstić information content (AvgIpc) is 3.61. The molecule has 1 fully saturated rings. The van der Waals surface area contributed by atoms with Crippen LogP contribution in [0.3, 0.4) is 0 Å². The second kappa shape index (κ2) is 11.6. The third kappa shape index (κ3) is 6.12. The molecule has 0 bridgehead atoms. The molecule has 12 nitrogen and oxygen atoms in total. The fourth-order valence-corrected chi connectivity index (χ4v) is 4.98. The van der Waals surface area contributed by atoms with Gasteiger partial charge in [-0.25, -0.2) is 15.0 Å². The van der Waals surface area contributed by atoms with Crippen LogP contribution in [0.15, 0.2) is 60.9 Å². The van der Waals surface area contributed by atoms with Crippen LogP contribution in [-0.4, -0.2) is 56.3 Å². The number of aromatic nitrogens is 4. The molecule has 2 amide bonds. The van der Waals surface area contributed by atoms with Crippen LogP contribution in [0.25, 0.3) is 11.2 Å². The van der Waals surface area contributed by atoms with E-state index in [1.807, 2.05) is 6.07 Å². The molecule has 210 valence electrons. The Balaban J connectivity index is 1.37. The molecule has 1 saturated heterocycles. The molecule has 5 rings (SSSR count). The number of amides is 2. The van der Waals surface area contributed by atoms with Crippen molar-refractivity contribution in [2.75, 3.05) is 11.9 Å². The number of aromatic amines is 1. The van der Waals surface area contributed by atoms with E-state index in [1.54, 1.807) is 49.4 Å². The summed E-state index contributed by atoms with van der Waals surface area (Å²) in [5, 5.41) is 5.81. The molecule has 2 aromatic carbocycles. The Kier molecular flexibility index (Phi) is 7.83. The third-order valence-electron chi connectivity index (χ3n) is 7.10. The maximum atomic E-state index is 13.9. The van der Waals surface area contributed by atoms with E-state index in [1.165, 1.54) is 12.4 Å². The second-order valence-corrected chi connectivity index (χ2v) is 10.1. The van der Waals surface area contributed by atoms with Gasteiger partial charge >= 0.3 is 5.97 Å². The number of H-pyrrole nitrogens is 1. The SMILES string of the molecule is CC(CCCc1nc(NC(=O)c2ccccc2)c2[nH]cnc2n1)(CC1NCC(=O)O1)C(=O)c1ccccc1C(N)=O. The first-order valence-electron chi connectivity index (χ1n) is 13.2. The molecular weight excluding hydrogens is 526 g/mol. The van der Waals surface area contributed by atoms with Gasteiger partial charge in [0.15, 0.2) is 23.5 Å². The van der Waals surface area contributed by atoms with Gasteiger partial charge in [-0.15, -0.1) is 0 Å². The van der Waals surface area contributed by atoms with Crippen LogP contribution in [0.4, 0.5) is 5.82 Å². The highest BCUT2D eigenvalue weighted by atomic mass is 16.6. The number of aryl methyl sites for hydroxylation is 1. The number of nitrogens with zero attached hydrogens (tertiary/aromatic N) is 3. The van der Waals surface area contributed by atoms with E-state index in [2.05, 4.69) is 30.6 Å². The summed E-state index contributed by atoms with van der Waals surface area (Å²) < 4.78 is 5.34. The summed E-state index contributed by atoms with van der Waals surface area (Å²) in [6.45, 7) is 1.84. The Morgan fingerprint density at radius 3 is 2.51 bits per heavy atom. The number of esters is 1. The Morgan fingerprint density at radius 1 is 1.07 bits per heavy atom. The first-order chi connectivity index (χ1) is 19.7. The number of benzene rings is 2. The maximum absolute atomic E-state index is 13.9. The van der Waals surface area contributed by atoms with Gasteiger partial charge in [0, 0.05) is 34.9 Å². The van der Waals surface area contributed by atoms with Crippen molar-refractivity contribution in [2.45, 2.75) is 38.8 Å². The number of ether oxygens (including phenoxy) is 1. The van der Waals surface area contributed by atoms with Gasteiger partial charge in [0.2, 0.25) is 5.91 Å². The molecule has 0 saturated carbocycles. The summed E-state index contributed by atoms with van der Waals surface area (Å²) in [5.41, 5.74) is 6.25. The summed E-state index contributed by atoms with van der Waals surface area (Å²) in [5.74, 6) is -0.967. The molecule has 4 aromatic rings. The molecule has 0 radical (unpaired) electrons. The zero-order chi connectivity index (χ0) is 29.0. The lowest BCUT2D eigenvalue weighted by Crippen LogP contribution is -2.37. The minimum absolute atomic E-state index is 0.0573. The summed E-state index contributed by atoms with van der Waals surface area (Å²) in [4.78, 5) is 66.7. The Labute approximate surface area is 235 Å². The summed E-state index contributed by atoms with van der Waals surface area (Å²) in [7, 11) is 0. The number of ketones is 1. The van der Waals surface area contributed by atoms with Gasteiger partial charge in [-0.3, -0.25) is 24.5 Å². The minimum Gasteiger partial charge on any atom is -0.446 e. The van der Waals surface area contributed by atoms with Gasteiger partial charge in [-0.2, -0.15) is 0 Å². The fraction of sp³-hybridized carbons (Fsp3) is 0.276. The van der Waals surface area contributed by atoms with Crippen molar-refractivity contribution in [2.24, 2.45) is 11.1 Å². The number of carbonyl (C=O) groups is 4. The van der Waals surface area contributed by atoms with Gasteiger partial charge in [0.25, 0.3) is 5.91 Å². The van der Waals surface area contributed by atoms with E-state index in [-0.39, 0.29) is 35.8 Å². The predicted octanol–water partition coefficient (Wildman–Crippen LogP) is 2.78. The van der Waals surface area contributed by atoms with Crippen molar-refractivity contribution in [3.05, 3.63) is 83.4 Å². The number of Topliss-reactive ketones (excluding diaryl/α,β-unsaturated/α-hetero) is 1. The molecule has 2 unspecified atom stereocenters. The zero-order valence-corrected chi connectivity index (χ0v) is 22.3. The highest BCUT2D eigenvalue weighted by Crippen LogP contribution is 2.36. The number of carbonyl (C=O) groups excluding carboxylic acids is 4. The lowest BCUT2D eigenvalue weighted by Gasteiger charge is -2.31. The molecule has 2 aromatic heterocycles. The number of nitrogens with one attached hydrogen (secondary N) is 3. The van der Waals surface area contributed by atoms with Crippen LogP contribution in [0.1, 0.15) is 63.1 Å². The quantitative estimate of drug-likeness (QED) is 0.160. The number of anilines is 1. The second-order valence-electron chi connectivity index (χ2n) is 10.1. The minimum atomic E-state index is -1.02. The van der Waals surface area contributed by atoms with Crippen molar-refractivity contribution >= 4 is 40.5 Å². The summed E-state index contributed by atoms with van der Waals surface area (Å²) >= 11 is 0. The van der Waals surface area contributed by atoms with E-state index in [0.29, 0.717) is 47.6 Å². The Hall–Kier alpha value is -4.97. The smallest absolute Gasteiger partial charge is 0.321 e. The van der Waals surface area contributed by atoms with Crippen molar-refractivity contribution in [3.63, 3.8) is 0 Å². The van der Waals surface area contributed by atoms with Crippen LogP contribution in [0.5, 0.6) is 0 Å². The van der Waals surface area contributed by atoms with Crippen LogP contribution < -0.4 is 16.4 Å². The molecule has 3 heterocycles. The van der Waals surface area contributed by atoms with Gasteiger partial charge in [-0.05, 0) is 31.0 Å². The van der Waals surface area contributed by atoms with Crippen LogP contribution in [-0.2, 0) is 16.0 Å². The van der Waals surface area contributed by atoms with E-state index in [4.69, 9.17) is 10.5 Å². The summed E-state index contributed by atoms with van der Waals surface area (Å²) in [6.07, 6.45) is 2.24. The van der Waals surface area contributed by atoms with Crippen molar-refractivity contribution < 1.29 is 23.9 Å². The van der Waals surface area contributed by atoms with Crippen LogP contribution in [0.2, 0.25) is 0 Å². The van der Waals surface area contributed by atoms with Crippen molar-refractivity contribution in [1.29, 1.82) is 0 Å². The van der Waals surface area contributed by atoms with Crippen molar-refractivity contribution in [1.82, 2.24) is 25.3 Å². The Morgan fingerprint density at radius 2 is 1.80 bits per heavy atom. The zero-order valence-electron chi connectivity index (χ0n) is 22.3.